The second-order valence-electron chi connectivity index (χ2n) is 8.40. The van der Waals surface area contributed by atoms with E-state index >= 15 is 0 Å². The molecule has 5 rings (SSSR count). The Labute approximate surface area is 197 Å². The molecule has 4 heterocycles. The Kier molecular flexibility index (Phi) is 5.40. The lowest BCUT2D eigenvalue weighted by Crippen LogP contribution is -2.34. The van der Waals surface area contributed by atoms with Gasteiger partial charge in [0.15, 0.2) is 17.3 Å². The van der Waals surface area contributed by atoms with Crippen LogP contribution in [0.2, 0.25) is 0 Å². The van der Waals surface area contributed by atoms with Gasteiger partial charge in [0.1, 0.15) is 5.52 Å². The number of rotatable bonds is 4. The normalized spacial score (nSPS) is 19.0. The Bertz CT molecular complexity index is 1300. The average molecular weight is 550 g/mol. The van der Waals surface area contributed by atoms with Crippen LogP contribution in [0.4, 0.5) is 16.0 Å². The number of hydrogen-bond acceptors (Lipinski definition) is 7. The zero-order chi connectivity index (χ0) is 22.6. The van der Waals surface area contributed by atoms with E-state index in [4.69, 9.17) is 10.7 Å². The molecular weight excluding hydrogens is 526 g/mol. The van der Waals surface area contributed by atoms with Crippen molar-refractivity contribution in [3.8, 4) is 0 Å². The molecule has 32 heavy (non-hydrogen) atoms. The second-order valence-corrected chi connectivity index (χ2v) is 9.65. The highest BCUT2D eigenvalue weighted by molar-refractivity contribution is 14.1. The molecule has 0 saturated carbocycles. The highest BCUT2D eigenvalue weighted by Gasteiger charge is 2.27. The van der Waals surface area contributed by atoms with E-state index in [-0.39, 0.29) is 23.4 Å². The van der Waals surface area contributed by atoms with Gasteiger partial charge in [0.25, 0.3) is 0 Å². The van der Waals surface area contributed by atoms with Crippen molar-refractivity contribution in [2.45, 2.75) is 44.8 Å². The fourth-order valence-electron chi connectivity index (χ4n) is 4.20. The van der Waals surface area contributed by atoms with Crippen molar-refractivity contribution in [2.75, 3.05) is 23.7 Å². The topological polar surface area (TPSA) is 110 Å². The number of fused-ring (bicyclic) bond motifs is 3. The van der Waals surface area contributed by atoms with Crippen LogP contribution in [0, 0.1) is 9.39 Å². The first-order valence-electron chi connectivity index (χ1n) is 10.6. The molecule has 168 valence electrons. The first-order chi connectivity index (χ1) is 15.3. The zero-order valence-corrected chi connectivity index (χ0v) is 19.9. The summed E-state index contributed by atoms with van der Waals surface area (Å²) in [6.45, 7) is 5.35. The van der Waals surface area contributed by atoms with Gasteiger partial charge in [0, 0.05) is 34.2 Å². The standard InChI is InChI=1S/C21H24FIN8O/c1-11(12(2)32)30-10-15(8-25-30)29-5-3-4-13(9-29)19-27-20-16-6-14(23)7-17(22)18(16)26-21(24)31(20)28-19/h6-8,10-13,32H,3-5,9H2,1-2H3,(H2,24,26)/t11-,12+,13-/m1/s1. The van der Waals surface area contributed by atoms with Gasteiger partial charge in [-0.15, -0.1) is 5.10 Å². The summed E-state index contributed by atoms with van der Waals surface area (Å²) in [6.07, 6.45) is 5.25. The number of aliphatic hydroxyl groups excluding tert-OH is 1. The van der Waals surface area contributed by atoms with E-state index in [0.717, 1.165) is 35.2 Å². The number of piperidine rings is 1. The Morgan fingerprint density at radius 1 is 1.28 bits per heavy atom. The Balaban J connectivity index is 1.48. The Hall–Kier alpha value is -2.54. The van der Waals surface area contributed by atoms with Crippen LogP contribution in [0.15, 0.2) is 24.5 Å². The van der Waals surface area contributed by atoms with E-state index in [9.17, 15) is 9.50 Å². The number of aliphatic hydroxyl groups is 1. The molecule has 3 aromatic heterocycles. The van der Waals surface area contributed by atoms with E-state index in [1.54, 1.807) is 11.6 Å². The largest absolute Gasteiger partial charge is 0.391 e. The van der Waals surface area contributed by atoms with Crippen LogP contribution < -0.4 is 10.6 Å². The van der Waals surface area contributed by atoms with Crippen molar-refractivity contribution in [1.29, 1.82) is 0 Å². The summed E-state index contributed by atoms with van der Waals surface area (Å²) in [5, 5.41) is 19.5. The van der Waals surface area contributed by atoms with Crippen LogP contribution in [0.3, 0.4) is 0 Å². The maximum absolute atomic E-state index is 14.5. The molecular formula is C21H24FIN8O. The molecule has 0 aliphatic carbocycles. The van der Waals surface area contributed by atoms with E-state index in [2.05, 4.69) is 42.7 Å². The number of hydrogen-bond donors (Lipinski definition) is 2. The van der Waals surface area contributed by atoms with Gasteiger partial charge in [-0.3, -0.25) is 4.68 Å². The minimum Gasteiger partial charge on any atom is -0.391 e. The molecule has 3 N–H and O–H groups in total. The van der Waals surface area contributed by atoms with E-state index < -0.39 is 11.9 Å². The number of anilines is 2. The molecule has 1 aliphatic rings. The summed E-state index contributed by atoms with van der Waals surface area (Å²) in [6, 6.07) is 3.18. The number of nitrogens with zero attached hydrogens (tertiary/aromatic N) is 7. The molecule has 0 amide bonds. The third kappa shape index (κ3) is 3.66. The van der Waals surface area contributed by atoms with Gasteiger partial charge >= 0.3 is 0 Å². The molecule has 9 nitrogen and oxygen atoms in total. The summed E-state index contributed by atoms with van der Waals surface area (Å²) in [4.78, 5) is 11.3. The SMILES string of the molecule is C[C@H](O)[C@@H](C)n1cc(N2CCC[C@@H](c3nc4c5cc(I)cc(F)c5nc(N)n4n3)C2)cn1. The Morgan fingerprint density at radius 2 is 2.09 bits per heavy atom. The number of aromatic nitrogens is 6. The molecule has 1 saturated heterocycles. The fourth-order valence-corrected chi connectivity index (χ4v) is 4.79. The van der Waals surface area contributed by atoms with E-state index in [1.807, 2.05) is 25.4 Å². The quantitative estimate of drug-likeness (QED) is 0.376. The third-order valence-electron chi connectivity index (χ3n) is 6.19. The van der Waals surface area contributed by atoms with Crippen LogP contribution in [0.1, 0.15) is 44.5 Å². The van der Waals surface area contributed by atoms with Gasteiger partial charge in [0.05, 0.1) is 24.0 Å². The maximum atomic E-state index is 14.5. The van der Waals surface area contributed by atoms with E-state index in [0.29, 0.717) is 16.9 Å². The van der Waals surface area contributed by atoms with Crippen LogP contribution in [-0.2, 0) is 0 Å². The van der Waals surface area contributed by atoms with Crippen molar-refractivity contribution in [2.24, 2.45) is 0 Å². The molecule has 1 aromatic carbocycles. The lowest BCUT2D eigenvalue weighted by atomic mass is 9.97. The van der Waals surface area contributed by atoms with Gasteiger partial charge in [-0.2, -0.15) is 9.61 Å². The van der Waals surface area contributed by atoms with Crippen LogP contribution in [-0.4, -0.2) is 53.7 Å². The van der Waals surface area contributed by atoms with Crippen molar-refractivity contribution in [3.63, 3.8) is 0 Å². The lowest BCUT2D eigenvalue weighted by Gasteiger charge is -2.32. The monoisotopic (exact) mass is 550 g/mol. The minimum atomic E-state index is -0.485. The lowest BCUT2D eigenvalue weighted by molar-refractivity contribution is 0.132. The molecule has 3 atom stereocenters. The number of nitrogens with two attached hydrogens (primary N) is 1. The molecule has 0 bridgehead atoms. The van der Waals surface area contributed by atoms with Crippen molar-refractivity contribution >= 4 is 50.8 Å². The number of nitrogen functional groups attached to an aromatic ring is 1. The van der Waals surface area contributed by atoms with Gasteiger partial charge in [0.2, 0.25) is 5.95 Å². The maximum Gasteiger partial charge on any atom is 0.223 e. The zero-order valence-electron chi connectivity index (χ0n) is 17.8. The van der Waals surface area contributed by atoms with Crippen LogP contribution in [0.25, 0.3) is 16.6 Å². The van der Waals surface area contributed by atoms with Gasteiger partial charge in [-0.05, 0) is 61.4 Å². The van der Waals surface area contributed by atoms with Crippen LogP contribution in [0.5, 0.6) is 0 Å². The fraction of sp³-hybridized carbons (Fsp3) is 0.429. The number of benzene rings is 1. The minimum absolute atomic E-state index is 0.100. The predicted octanol–water partition coefficient (Wildman–Crippen LogP) is 3.13. The smallest absolute Gasteiger partial charge is 0.223 e. The van der Waals surface area contributed by atoms with Gasteiger partial charge < -0.3 is 15.7 Å². The molecule has 4 aromatic rings. The van der Waals surface area contributed by atoms with Gasteiger partial charge in [-0.25, -0.2) is 14.4 Å². The molecule has 0 unspecified atom stereocenters. The summed E-state index contributed by atoms with van der Waals surface area (Å²) in [5.41, 5.74) is 7.82. The molecule has 11 heteroatoms. The highest BCUT2D eigenvalue weighted by Crippen LogP contribution is 2.31. The second kappa shape index (κ2) is 8.10. The average Bonchev–Trinajstić information content (AvgIpc) is 3.43. The van der Waals surface area contributed by atoms with Crippen LogP contribution >= 0.6 is 22.6 Å². The molecule has 0 radical (unpaired) electrons. The third-order valence-corrected chi connectivity index (χ3v) is 6.81. The van der Waals surface area contributed by atoms with Crippen molar-refractivity contribution in [3.05, 3.63) is 39.7 Å². The summed E-state index contributed by atoms with van der Waals surface area (Å²) in [5.74, 6) is 0.480. The molecule has 1 fully saturated rings. The van der Waals surface area contributed by atoms with E-state index in [1.165, 1.54) is 10.6 Å². The predicted molar refractivity (Wildman–Crippen MR) is 128 cm³/mol. The summed E-state index contributed by atoms with van der Waals surface area (Å²) < 4.78 is 18.5. The highest BCUT2D eigenvalue weighted by atomic mass is 127. The van der Waals surface area contributed by atoms with Gasteiger partial charge in [-0.1, -0.05) is 0 Å². The van der Waals surface area contributed by atoms with Crippen molar-refractivity contribution < 1.29 is 9.50 Å². The summed E-state index contributed by atoms with van der Waals surface area (Å²) in [7, 11) is 0. The first-order valence-corrected chi connectivity index (χ1v) is 11.7. The molecule has 1 aliphatic heterocycles. The van der Waals surface area contributed by atoms with Crippen molar-refractivity contribution in [1.82, 2.24) is 29.4 Å². The molecule has 0 spiro atoms. The Morgan fingerprint density at radius 3 is 2.88 bits per heavy atom. The number of halogens is 2. The first kappa shape index (κ1) is 21.3. The summed E-state index contributed by atoms with van der Waals surface area (Å²) >= 11 is 2.08.